The molecule has 0 atom stereocenters. The summed E-state index contributed by atoms with van der Waals surface area (Å²) in [4.78, 5) is 22.3. The van der Waals surface area contributed by atoms with Gasteiger partial charge in [-0.2, -0.15) is 0 Å². The summed E-state index contributed by atoms with van der Waals surface area (Å²) in [5.74, 6) is -0.670. The molecule has 0 aliphatic rings. The maximum atomic E-state index is 10.9. The topological polar surface area (TPSA) is 69.6 Å². The Hall–Kier alpha value is -1.62. The van der Waals surface area contributed by atoms with Gasteiger partial charge in [0.1, 0.15) is 6.73 Å². The molecule has 5 nitrogen and oxygen atoms in total. The monoisotopic (exact) mass is 170 g/mol. The molecule has 0 aromatic carbocycles. The van der Waals surface area contributed by atoms with E-state index in [-0.39, 0.29) is 0 Å². The van der Waals surface area contributed by atoms with Gasteiger partial charge in [-0.3, -0.25) is 4.79 Å². The van der Waals surface area contributed by atoms with Crippen molar-refractivity contribution in [3.8, 4) is 0 Å². The van der Waals surface area contributed by atoms with Crippen LogP contribution in [-0.2, 0) is 4.79 Å². The summed E-state index contributed by atoms with van der Waals surface area (Å²) in [6.07, 6.45) is 2.04. The minimum Gasteiger partial charge on any atom is -0.376 e. The molecule has 0 saturated carbocycles. The Morgan fingerprint density at radius 2 is 2.08 bits per heavy atom. The SMILES string of the molecule is C=CNC(=O)N(CO)C(=O)C=C. The second kappa shape index (κ2) is 5.09. The van der Waals surface area contributed by atoms with Gasteiger partial charge in [-0.1, -0.05) is 13.2 Å². The minimum absolute atomic E-state index is 0.578. The predicted octanol–water partition coefficient (Wildman–Crippen LogP) is -0.196. The van der Waals surface area contributed by atoms with Crippen molar-refractivity contribution in [1.29, 1.82) is 0 Å². The summed E-state index contributed by atoms with van der Waals surface area (Å²) >= 11 is 0. The molecule has 0 spiro atoms. The highest BCUT2D eigenvalue weighted by Gasteiger charge is 2.15. The summed E-state index contributed by atoms with van der Waals surface area (Å²) in [7, 11) is 0. The molecule has 0 heterocycles. The Morgan fingerprint density at radius 3 is 2.42 bits per heavy atom. The van der Waals surface area contributed by atoms with Crippen molar-refractivity contribution in [1.82, 2.24) is 10.2 Å². The first-order chi connectivity index (χ1) is 5.67. The first-order valence-corrected chi connectivity index (χ1v) is 3.13. The van der Waals surface area contributed by atoms with Gasteiger partial charge in [-0.15, -0.1) is 0 Å². The number of nitrogens with zero attached hydrogens (tertiary/aromatic N) is 1. The Balaban J connectivity index is 4.32. The lowest BCUT2D eigenvalue weighted by Gasteiger charge is -2.14. The molecule has 66 valence electrons. The van der Waals surface area contributed by atoms with Crippen molar-refractivity contribution in [2.75, 3.05) is 6.73 Å². The van der Waals surface area contributed by atoms with Crippen molar-refractivity contribution in [2.24, 2.45) is 0 Å². The smallest absolute Gasteiger partial charge is 0.330 e. The molecule has 2 N–H and O–H groups in total. The fraction of sp³-hybridized carbons (Fsp3) is 0.143. The Morgan fingerprint density at radius 1 is 1.50 bits per heavy atom. The number of nitrogens with one attached hydrogen (secondary N) is 1. The molecular formula is C7H10N2O3. The summed E-state index contributed by atoms with van der Waals surface area (Å²) < 4.78 is 0. The summed E-state index contributed by atoms with van der Waals surface area (Å²) in [6.45, 7) is 5.70. The van der Waals surface area contributed by atoms with Crippen LogP contribution in [0.15, 0.2) is 25.4 Å². The van der Waals surface area contributed by atoms with Crippen molar-refractivity contribution < 1.29 is 14.7 Å². The second-order valence-corrected chi connectivity index (χ2v) is 1.77. The van der Waals surface area contributed by atoms with Crippen LogP contribution in [0.1, 0.15) is 0 Å². The van der Waals surface area contributed by atoms with E-state index in [1.54, 1.807) is 0 Å². The van der Waals surface area contributed by atoms with Crippen LogP contribution in [0, 0.1) is 0 Å². The van der Waals surface area contributed by atoms with Gasteiger partial charge < -0.3 is 10.4 Å². The van der Waals surface area contributed by atoms with Gasteiger partial charge in [-0.05, 0) is 12.3 Å². The highest BCUT2D eigenvalue weighted by atomic mass is 16.3. The van der Waals surface area contributed by atoms with Gasteiger partial charge in [0.15, 0.2) is 0 Å². The molecule has 12 heavy (non-hydrogen) atoms. The Labute approximate surface area is 70.0 Å². The van der Waals surface area contributed by atoms with Crippen molar-refractivity contribution in [3.05, 3.63) is 25.4 Å². The van der Waals surface area contributed by atoms with E-state index >= 15 is 0 Å². The molecule has 3 amide bonds. The van der Waals surface area contributed by atoms with E-state index in [1.807, 2.05) is 0 Å². The van der Waals surface area contributed by atoms with Crippen molar-refractivity contribution >= 4 is 11.9 Å². The Bertz CT molecular complexity index is 213. The van der Waals surface area contributed by atoms with Crippen LogP contribution >= 0.6 is 0 Å². The van der Waals surface area contributed by atoms with Crippen molar-refractivity contribution in [2.45, 2.75) is 0 Å². The van der Waals surface area contributed by atoms with Crippen LogP contribution in [0.4, 0.5) is 4.79 Å². The zero-order valence-electron chi connectivity index (χ0n) is 6.49. The molecule has 0 bridgehead atoms. The standard InChI is InChI=1S/C7H10N2O3/c1-3-6(11)9(5-10)7(12)8-4-2/h3-4,10H,1-2,5H2,(H,8,12). The number of carbonyl (C=O) groups is 2. The normalized spacial score (nSPS) is 8.42. The molecule has 0 aliphatic heterocycles. The third-order valence-electron chi connectivity index (χ3n) is 1.05. The zero-order chi connectivity index (χ0) is 9.56. The number of rotatable bonds is 3. The predicted molar refractivity (Wildman–Crippen MR) is 42.9 cm³/mol. The number of amides is 3. The number of imide groups is 1. The van der Waals surface area contributed by atoms with Crippen LogP contribution in [0.2, 0.25) is 0 Å². The number of hydrogen-bond acceptors (Lipinski definition) is 3. The van der Waals surface area contributed by atoms with Crippen LogP contribution in [0.25, 0.3) is 0 Å². The molecule has 0 saturated heterocycles. The fourth-order valence-corrected chi connectivity index (χ4v) is 0.509. The average Bonchev–Trinajstić information content (AvgIpc) is 2.06. The zero-order valence-corrected chi connectivity index (χ0v) is 6.49. The van der Waals surface area contributed by atoms with E-state index in [0.717, 1.165) is 12.3 Å². The molecule has 0 fully saturated rings. The van der Waals surface area contributed by atoms with Gasteiger partial charge in [0, 0.05) is 0 Å². The molecular weight excluding hydrogens is 160 g/mol. The minimum atomic E-state index is -0.739. The number of aliphatic hydroxyl groups excluding tert-OH is 1. The van der Waals surface area contributed by atoms with Crippen LogP contribution in [0.3, 0.4) is 0 Å². The molecule has 0 radical (unpaired) electrons. The summed E-state index contributed by atoms with van der Waals surface area (Å²) in [6, 6.07) is -0.739. The lowest BCUT2D eigenvalue weighted by molar-refractivity contribution is -0.125. The molecule has 0 aromatic rings. The second-order valence-electron chi connectivity index (χ2n) is 1.77. The quantitative estimate of drug-likeness (QED) is 0.455. The van der Waals surface area contributed by atoms with E-state index in [2.05, 4.69) is 18.5 Å². The third kappa shape index (κ3) is 2.55. The maximum Gasteiger partial charge on any atom is 0.330 e. The lowest BCUT2D eigenvalue weighted by atomic mass is 10.5. The molecule has 0 aliphatic carbocycles. The van der Waals surface area contributed by atoms with Gasteiger partial charge in [0.2, 0.25) is 0 Å². The molecule has 5 heteroatoms. The molecule has 0 aromatic heterocycles. The number of urea groups is 1. The summed E-state index contributed by atoms with van der Waals surface area (Å²) in [5.41, 5.74) is 0. The Kier molecular flexibility index (Phi) is 4.40. The summed E-state index contributed by atoms with van der Waals surface area (Å²) in [5, 5.41) is 10.7. The third-order valence-corrected chi connectivity index (χ3v) is 1.05. The van der Waals surface area contributed by atoms with E-state index < -0.39 is 18.7 Å². The van der Waals surface area contributed by atoms with Gasteiger partial charge in [0.25, 0.3) is 5.91 Å². The van der Waals surface area contributed by atoms with Crippen LogP contribution < -0.4 is 5.32 Å². The first-order valence-electron chi connectivity index (χ1n) is 3.13. The van der Waals surface area contributed by atoms with E-state index in [4.69, 9.17) is 5.11 Å². The first kappa shape index (κ1) is 10.4. The van der Waals surface area contributed by atoms with Gasteiger partial charge in [-0.25, -0.2) is 9.69 Å². The van der Waals surface area contributed by atoms with Gasteiger partial charge >= 0.3 is 6.03 Å². The fourth-order valence-electron chi connectivity index (χ4n) is 0.509. The maximum absolute atomic E-state index is 10.9. The number of aliphatic hydroxyl groups is 1. The average molecular weight is 170 g/mol. The van der Waals surface area contributed by atoms with E-state index in [9.17, 15) is 9.59 Å². The highest BCUT2D eigenvalue weighted by Crippen LogP contribution is 1.89. The number of carbonyl (C=O) groups excluding carboxylic acids is 2. The van der Waals surface area contributed by atoms with Gasteiger partial charge in [0.05, 0.1) is 0 Å². The molecule has 0 unspecified atom stereocenters. The van der Waals surface area contributed by atoms with Crippen LogP contribution in [0.5, 0.6) is 0 Å². The molecule has 0 rings (SSSR count). The van der Waals surface area contributed by atoms with E-state index in [0.29, 0.717) is 4.90 Å². The van der Waals surface area contributed by atoms with Crippen molar-refractivity contribution in [3.63, 3.8) is 0 Å². The van der Waals surface area contributed by atoms with E-state index in [1.165, 1.54) is 0 Å². The number of hydrogen-bond donors (Lipinski definition) is 2. The largest absolute Gasteiger partial charge is 0.376 e. The highest BCUT2D eigenvalue weighted by molar-refractivity contribution is 6.00. The van der Waals surface area contributed by atoms with Crippen LogP contribution in [-0.4, -0.2) is 28.7 Å². The lowest BCUT2D eigenvalue weighted by Crippen LogP contribution is -2.41.